The number of ether oxygens (including phenoxy) is 16. The number of rotatable bonds is 24. The van der Waals surface area contributed by atoms with E-state index >= 15 is 0 Å². The lowest BCUT2D eigenvalue weighted by atomic mass is 9.94. The lowest BCUT2D eigenvalue weighted by molar-refractivity contribution is -0.375. The lowest BCUT2D eigenvalue weighted by Gasteiger charge is -2.50. The maximum absolute atomic E-state index is 13.1. The predicted octanol–water partition coefficient (Wildman–Crippen LogP) is -0.971. The van der Waals surface area contributed by atoms with Gasteiger partial charge >= 0.3 is 59.7 Å². The molecular formula is C44H63NO27S. The summed E-state index contributed by atoms with van der Waals surface area (Å²) in [7, 11) is 1.25. The van der Waals surface area contributed by atoms with Gasteiger partial charge in [-0.15, -0.1) is 0 Å². The minimum atomic E-state index is -2.00. The van der Waals surface area contributed by atoms with E-state index in [4.69, 9.17) is 71.1 Å². The molecule has 73 heavy (non-hydrogen) atoms. The van der Waals surface area contributed by atoms with E-state index in [1.807, 2.05) is 0 Å². The minimum Gasteiger partial charge on any atom is -0.469 e. The first-order chi connectivity index (χ1) is 34.3. The van der Waals surface area contributed by atoms with Crippen LogP contribution in [0.15, 0.2) is 0 Å². The molecule has 29 heteroatoms. The van der Waals surface area contributed by atoms with Crippen LogP contribution in [0.3, 0.4) is 0 Å². The number of thioether (sulfide) groups is 1. The first-order valence-electron chi connectivity index (χ1n) is 22.6. The SMILES string of the molecule is COC(=O)CCSCCO[C@@H]1O[C@H](COC(C)=O)[C@@H](O[C@@H]2O[C@H](COC(C)=O)[C@H](O[C@H]3O[C@H](COC(C)=O)[C@H](OC(C)=O)[C@H](OC(C)=O)[C@H]3OC(C)=O)[C@H](OC(C)=O)[C@H]2OC(C)=O)[C@H](OC(C)=O)[C@H]1NC(C)=O. The van der Waals surface area contributed by atoms with Gasteiger partial charge in [0.25, 0.3) is 0 Å². The molecule has 0 saturated carbocycles. The zero-order valence-corrected chi connectivity index (χ0v) is 42.9. The van der Waals surface area contributed by atoms with Gasteiger partial charge in [-0.1, -0.05) is 0 Å². The topological polar surface area (TPSA) is 347 Å². The molecule has 28 nitrogen and oxygen atoms in total. The van der Waals surface area contributed by atoms with Crippen molar-refractivity contribution in [2.24, 2.45) is 0 Å². The summed E-state index contributed by atoms with van der Waals surface area (Å²) < 4.78 is 91.9. The Morgan fingerprint density at radius 2 is 0.781 bits per heavy atom. The van der Waals surface area contributed by atoms with Crippen molar-refractivity contribution in [3.8, 4) is 0 Å². The molecule has 3 fully saturated rings. The number of methoxy groups -OCH3 is 1. The van der Waals surface area contributed by atoms with E-state index in [-0.39, 0.29) is 13.0 Å². The Balaban J connectivity index is 2.25. The van der Waals surface area contributed by atoms with E-state index in [1.54, 1.807) is 0 Å². The molecule has 1 N–H and O–H groups in total. The van der Waals surface area contributed by atoms with Gasteiger partial charge in [0, 0.05) is 80.7 Å². The van der Waals surface area contributed by atoms with Gasteiger partial charge in [0.05, 0.1) is 20.1 Å². The van der Waals surface area contributed by atoms with Crippen molar-refractivity contribution >= 4 is 77.4 Å². The van der Waals surface area contributed by atoms with Gasteiger partial charge in [-0.3, -0.25) is 52.7 Å². The Morgan fingerprint density at radius 1 is 0.425 bits per heavy atom. The van der Waals surface area contributed by atoms with Crippen LogP contribution in [-0.4, -0.2) is 203 Å². The Bertz CT molecular complexity index is 1970. The second-order valence-corrected chi connectivity index (χ2v) is 17.4. The van der Waals surface area contributed by atoms with Gasteiger partial charge in [-0.05, 0) is 0 Å². The molecule has 15 atom stereocenters. The van der Waals surface area contributed by atoms with E-state index in [1.165, 1.54) is 18.9 Å². The molecule has 1 amide bonds. The average Bonchev–Trinajstić information content (AvgIpc) is 3.27. The first kappa shape index (κ1) is 61.6. The smallest absolute Gasteiger partial charge is 0.306 e. The van der Waals surface area contributed by atoms with Crippen LogP contribution in [0, 0.1) is 0 Å². The van der Waals surface area contributed by atoms with E-state index in [9.17, 15) is 52.7 Å². The molecule has 3 heterocycles. The van der Waals surface area contributed by atoms with Crippen LogP contribution < -0.4 is 5.32 Å². The summed E-state index contributed by atoms with van der Waals surface area (Å²) in [6.07, 6.45) is -24.4. The molecule has 0 unspecified atom stereocenters. The van der Waals surface area contributed by atoms with Crippen LogP contribution in [0.5, 0.6) is 0 Å². The van der Waals surface area contributed by atoms with E-state index in [0.29, 0.717) is 11.5 Å². The van der Waals surface area contributed by atoms with Crippen molar-refractivity contribution in [2.45, 2.75) is 168 Å². The van der Waals surface area contributed by atoms with Crippen LogP contribution in [-0.2, 0) is 129 Å². The number of amides is 1. The molecule has 3 aliphatic heterocycles. The molecule has 0 aliphatic carbocycles. The Morgan fingerprint density at radius 3 is 1.18 bits per heavy atom. The molecule has 412 valence electrons. The summed E-state index contributed by atoms with van der Waals surface area (Å²) in [5.74, 6) is -8.93. The Hall–Kier alpha value is -5.72. The molecule has 0 spiro atoms. The molecule has 0 radical (unpaired) electrons. The van der Waals surface area contributed by atoms with Gasteiger partial charge in [-0.2, -0.15) is 11.8 Å². The zero-order valence-electron chi connectivity index (χ0n) is 42.0. The van der Waals surface area contributed by atoms with Crippen LogP contribution >= 0.6 is 11.8 Å². The number of carbonyl (C=O) groups is 11. The molecular weight excluding hydrogens is 1010 g/mol. The highest BCUT2D eigenvalue weighted by Gasteiger charge is 2.59. The minimum absolute atomic E-state index is 0.0612. The van der Waals surface area contributed by atoms with Gasteiger partial charge in [0.15, 0.2) is 55.5 Å². The Kier molecular flexibility index (Phi) is 25.2. The number of carbonyl (C=O) groups excluding carboxylic acids is 11. The fourth-order valence-electron chi connectivity index (χ4n) is 7.58. The van der Waals surface area contributed by atoms with Crippen molar-refractivity contribution in [1.29, 1.82) is 0 Å². The quantitative estimate of drug-likeness (QED) is 0.0690. The second-order valence-electron chi connectivity index (χ2n) is 16.2. The van der Waals surface area contributed by atoms with Crippen molar-refractivity contribution in [2.75, 3.05) is 45.0 Å². The first-order valence-corrected chi connectivity index (χ1v) is 23.7. The maximum Gasteiger partial charge on any atom is 0.306 e. The standard InChI is InChI=1S/C44H63NO27S/c1-19(46)45-33-37(63-24(6)51)34(29(16-59-20(2)47)68-42(33)58-13-15-73-14-12-32(56)57-11)71-43-41(67-28(10)55)39(65-26(8)53)36(31(70-43)18-61-22(4)49)72-44-40(66-27(9)54)38(64-25(7)52)35(62-23(5)50)30(69-44)17-60-21(3)48/h29-31,33-44H,12-18H2,1-11H3,(H,45,46)/t29-,30-,31-,33-,34-,35+,36+,37-,38+,39+,40-,41-,42-,43+,44-/m1/s1. The molecule has 3 rings (SSSR count). The van der Waals surface area contributed by atoms with Gasteiger partial charge in [0.1, 0.15) is 56.4 Å². The molecule has 3 aliphatic rings. The molecule has 0 aromatic rings. The van der Waals surface area contributed by atoms with Crippen LogP contribution in [0.2, 0.25) is 0 Å². The molecule has 0 aromatic carbocycles. The number of nitrogens with one attached hydrogen (secondary N) is 1. The third-order valence-electron chi connectivity index (χ3n) is 10.1. The summed E-state index contributed by atoms with van der Waals surface area (Å²) in [6, 6.07) is -1.41. The molecule has 0 aromatic heterocycles. The van der Waals surface area contributed by atoms with Crippen LogP contribution in [0.4, 0.5) is 0 Å². The zero-order chi connectivity index (χ0) is 54.7. The van der Waals surface area contributed by atoms with Gasteiger partial charge in [-0.25, -0.2) is 0 Å². The summed E-state index contributed by atoms with van der Waals surface area (Å²) in [6.45, 7) is 8.04. The summed E-state index contributed by atoms with van der Waals surface area (Å²) >= 11 is 1.32. The predicted molar refractivity (Wildman–Crippen MR) is 236 cm³/mol. The van der Waals surface area contributed by atoms with Gasteiger partial charge < -0.3 is 81.1 Å². The Labute approximate surface area is 423 Å². The van der Waals surface area contributed by atoms with Gasteiger partial charge in [0.2, 0.25) is 5.91 Å². The van der Waals surface area contributed by atoms with E-state index in [2.05, 4.69) is 10.1 Å². The van der Waals surface area contributed by atoms with Crippen molar-refractivity contribution < 1.29 is 129 Å². The average molecular weight is 1070 g/mol. The van der Waals surface area contributed by atoms with Crippen molar-refractivity contribution in [3.63, 3.8) is 0 Å². The number of hydrogen-bond donors (Lipinski definition) is 1. The highest BCUT2D eigenvalue weighted by Crippen LogP contribution is 2.38. The van der Waals surface area contributed by atoms with Crippen LogP contribution in [0.1, 0.15) is 75.7 Å². The summed E-state index contributed by atoms with van der Waals surface area (Å²) in [5, 5.41) is 2.62. The van der Waals surface area contributed by atoms with E-state index < -0.39 is 177 Å². The van der Waals surface area contributed by atoms with Crippen molar-refractivity contribution in [1.82, 2.24) is 5.32 Å². The highest BCUT2D eigenvalue weighted by atomic mass is 32.2. The fourth-order valence-corrected chi connectivity index (χ4v) is 8.31. The summed E-state index contributed by atoms with van der Waals surface area (Å²) in [4.78, 5) is 138. The monoisotopic (exact) mass is 1070 g/mol. The number of hydrogen-bond acceptors (Lipinski definition) is 28. The lowest BCUT2D eigenvalue weighted by Crippen LogP contribution is -2.70. The second kappa shape index (κ2) is 29.8. The summed E-state index contributed by atoms with van der Waals surface area (Å²) in [5.41, 5.74) is 0. The maximum atomic E-state index is 13.1. The molecule has 3 saturated heterocycles. The highest BCUT2D eigenvalue weighted by molar-refractivity contribution is 7.99. The third-order valence-corrected chi connectivity index (χ3v) is 11.1. The van der Waals surface area contributed by atoms with Crippen molar-refractivity contribution in [3.05, 3.63) is 0 Å². The fraction of sp³-hybridized carbons (Fsp3) is 0.750. The third kappa shape index (κ3) is 20.3. The molecule has 0 bridgehead atoms. The van der Waals surface area contributed by atoms with Crippen LogP contribution in [0.25, 0.3) is 0 Å². The normalized spacial score (nSPS) is 29.7. The largest absolute Gasteiger partial charge is 0.469 e. The number of esters is 10. The van der Waals surface area contributed by atoms with E-state index in [0.717, 1.165) is 69.2 Å².